The first kappa shape index (κ1) is 10.7. The minimum Gasteiger partial charge on any atom is -0.475 e. The number of rotatable bonds is 6. The Bertz CT molecular complexity index is 296. The van der Waals surface area contributed by atoms with Gasteiger partial charge in [-0.2, -0.15) is 4.98 Å². The van der Waals surface area contributed by atoms with Crippen LogP contribution in [0.25, 0.3) is 0 Å². The van der Waals surface area contributed by atoms with Gasteiger partial charge in [0.2, 0.25) is 5.89 Å². The van der Waals surface area contributed by atoms with Crippen LogP contribution in [0.1, 0.15) is 49.1 Å². The number of aromatic carboxylic acids is 1. The standard InChI is InChI=1S/C9H14N2O3/c1-2-3-4-5-6-7-10-8(9(12)13)11-14-7/h2-6H2,1H3,(H,12,13). The van der Waals surface area contributed by atoms with Crippen molar-refractivity contribution < 1.29 is 14.4 Å². The Morgan fingerprint density at radius 1 is 1.43 bits per heavy atom. The van der Waals surface area contributed by atoms with Gasteiger partial charge in [0.15, 0.2) is 0 Å². The number of carboxylic acid groups (broad SMARTS) is 1. The highest BCUT2D eigenvalue weighted by atomic mass is 16.5. The van der Waals surface area contributed by atoms with Crippen LogP contribution >= 0.6 is 0 Å². The van der Waals surface area contributed by atoms with Crippen molar-refractivity contribution >= 4 is 5.97 Å². The number of carboxylic acids is 1. The van der Waals surface area contributed by atoms with Crippen molar-refractivity contribution in [3.05, 3.63) is 11.7 Å². The van der Waals surface area contributed by atoms with Crippen LogP contribution < -0.4 is 0 Å². The van der Waals surface area contributed by atoms with E-state index >= 15 is 0 Å². The molecule has 0 radical (unpaired) electrons. The molecule has 5 nitrogen and oxygen atoms in total. The lowest BCUT2D eigenvalue weighted by molar-refractivity contribution is 0.0680. The molecule has 0 saturated heterocycles. The summed E-state index contributed by atoms with van der Waals surface area (Å²) in [6.45, 7) is 2.13. The molecule has 1 aromatic heterocycles. The summed E-state index contributed by atoms with van der Waals surface area (Å²) < 4.78 is 4.76. The molecule has 0 atom stereocenters. The number of unbranched alkanes of at least 4 members (excludes halogenated alkanes) is 3. The van der Waals surface area contributed by atoms with Crippen molar-refractivity contribution in [1.29, 1.82) is 0 Å². The van der Waals surface area contributed by atoms with Crippen LogP contribution in [0.15, 0.2) is 4.52 Å². The number of hydrogen-bond acceptors (Lipinski definition) is 4. The average Bonchev–Trinajstić information content (AvgIpc) is 2.61. The summed E-state index contributed by atoms with van der Waals surface area (Å²) in [5, 5.41) is 11.9. The zero-order valence-corrected chi connectivity index (χ0v) is 8.19. The number of aromatic nitrogens is 2. The molecule has 78 valence electrons. The van der Waals surface area contributed by atoms with E-state index in [1.165, 1.54) is 12.8 Å². The molecule has 0 aliphatic heterocycles. The van der Waals surface area contributed by atoms with Crippen LogP contribution in [0.4, 0.5) is 0 Å². The fourth-order valence-corrected chi connectivity index (χ4v) is 1.15. The van der Waals surface area contributed by atoms with Gasteiger partial charge >= 0.3 is 5.97 Å². The monoisotopic (exact) mass is 198 g/mol. The molecular formula is C9H14N2O3. The highest BCUT2D eigenvalue weighted by Crippen LogP contribution is 2.05. The van der Waals surface area contributed by atoms with Gasteiger partial charge in [0.25, 0.3) is 5.82 Å². The van der Waals surface area contributed by atoms with Crippen LogP contribution in [-0.2, 0) is 6.42 Å². The summed E-state index contributed by atoms with van der Waals surface area (Å²) >= 11 is 0. The summed E-state index contributed by atoms with van der Waals surface area (Å²) in [5.74, 6) is -0.984. The second kappa shape index (κ2) is 5.36. The molecular weight excluding hydrogens is 184 g/mol. The Hall–Kier alpha value is -1.39. The zero-order chi connectivity index (χ0) is 10.4. The molecule has 0 saturated carbocycles. The maximum atomic E-state index is 10.4. The molecule has 0 bridgehead atoms. The third-order valence-corrected chi connectivity index (χ3v) is 1.90. The topological polar surface area (TPSA) is 76.2 Å². The fourth-order valence-electron chi connectivity index (χ4n) is 1.15. The molecule has 5 heteroatoms. The van der Waals surface area contributed by atoms with E-state index in [1.54, 1.807) is 0 Å². The Morgan fingerprint density at radius 2 is 2.21 bits per heavy atom. The molecule has 0 aliphatic carbocycles. The molecule has 1 rings (SSSR count). The van der Waals surface area contributed by atoms with Gasteiger partial charge in [-0.1, -0.05) is 26.2 Å². The molecule has 0 fully saturated rings. The van der Waals surface area contributed by atoms with Gasteiger partial charge in [-0.05, 0) is 11.6 Å². The van der Waals surface area contributed by atoms with E-state index in [9.17, 15) is 4.79 Å². The van der Waals surface area contributed by atoms with Crippen molar-refractivity contribution in [2.45, 2.75) is 39.0 Å². The van der Waals surface area contributed by atoms with Gasteiger partial charge in [-0.15, -0.1) is 0 Å². The van der Waals surface area contributed by atoms with Crippen molar-refractivity contribution in [2.24, 2.45) is 0 Å². The lowest BCUT2D eigenvalue weighted by atomic mass is 10.1. The summed E-state index contributed by atoms with van der Waals surface area (Å²) in [6.07, 6.45) is 5.10. The third kappa shape index (κ3) is 3.16. The second-order valence-electron chi connectivity index (χ2n) is 3.13. The van der Waals surface area contributed by atoms with Crippen LogP contribution in [-0.4, -0.2) is 21.2 Å². The van der Waals surface area contributed by atoms with E-state index in [1.807, 2.05) is 0 Å². The van der Waals surface area contributed by atoms with Crippen LogP contribution in [0, 0.1) is 0 Å². The minimum atomic E-state index is -1.14. The van der Waals surface area contributed by atoms with E-state index in [0.717, 1.165) is 12.8 Å². The molecule has 0 unspecified atom stereocenters. The van der Waals surface area contributed by atoms with Gasteiger partial charge < -0.3 is 9.63 Å². The molecule has 0 amide bonds. The summed E-state index contributed by atoms with van der Waals surface area (Å²) in [6, 6.07) is 0. The first-order chi connectivity index (χ1) is 6.74. The third-order valence-electron chi connectivity index (χ3n) is 1.90. The Kier molecular flexibility index (Phi) is 4.10. The van der Waals surface area contributed by atoms with E-state index in [4.69, 9.17) is 9.63 Å². The number of hydrogen-bond donors (Lipinski definition) is 1. The first-order valence-corrected chi connectivity index (χ1v) is 4.80. The quantitative estimate of drug-likeness (QED) is 0.706. The zero-order valence-electron chi connectivity index (χ0n) is 8.19. The fraction of sp³-hybridized carbons (Fsp3) is 0.667. The molecule has 0 aromatic carbocycles. The van der Waals surface area contributed by atoms with E-state index in [0.29, 0.717) is 12.3 Å². The van der Waals surface area contributed by atoms with Gasteiger partial charge in [-0.3, -0.25) is 0 Å². The van der Waals surface area contributed by atoms with Gasteiger partial charge in [-0.25, -0.2) is 4.79 Å². The Labute approximate surface area is 82.1 Å². The predicted octanol–water partition coefficient (Wildman–Crippen LogP) is 1.89. The van der Waals surface area contributed by atoms with Gasteiger partial charge in [0.1, 0.15) is 0 Å². The number of aryl methyl sites for hydroxylation is 1. The first-order valence-electron chi connectivity index (χ1n) is 4.80. The maximum Gasteiger partial charge on any atom is 0.377 e. The van der Waals surface area contributed by atoms with Crippen molar-refractivity contribution in [2.75, 3.05) is 0 Å². The predicted molar refractivity (Wildman–Crippen MR) is 49.1 cm³/mol. The molecule has 1 aromatic rings. The lowest BCUT2D eigenvalue weighted by Crippen LogP contribution is -1.98. The molecule has 0 spiro atoms. The van der Waals surface area contributed by atoms with E-state index < -0.39 is 5.97 Å². The smallest absolute Gasteiger partial charge is 0.377 e. The number of nitrogens with zero attached hydrogens (tertiary/aromatic N) is 2. The Balaban J connectivity index is 2.33. The van der Waals surface area contributed by atoms with Crippen molar-refractivity contribution in [1.82, 2.24) is 10.1 Å². The summed E-state index contributed by atoms with van der Waals surface area (Å²) in [7, 11) is 0. The van der Waals surface area contributed by atoms with E-state index in [-0.39, 0.29) is 5.82 Å². The van der Waals surface area contributed by atoms with E-state index in [2.05, 4.69) is 17.1 Å². The lowest BCUT2D eigenvalue weighted by Gasteiger charge is -1.93. The molecule has 1 N–H and O–H groups in total. The number of carbonyl (C=O) groups is 1. The van der Waals surface area contributed by atoms with Crippen LogP contribution in [0.3, 0.4) is 0 Å². The molecule has 14 heavy (non-hydrogen) atoms. The van der Waals surface area contributed by atoms with Crippen molar-refractivity contribution in [3.8, 4) is 0 Å². The highest BCUT2D eigenvalue weighted by molar-refractivity contribution is 5.82. The SMILES string of the molecule is CCCCCCc1nc(C(=O)O)no1. The van der Waals surface area contributed by atoms with Crippen molar-refractivity contribution in [3.63, 3.8) is 0 Å². The average molecular weight is 198 g/mol. The highest BCUT2D eigenvalue weighted by Gasteiger charge is 2.11. The molecule has 1 heterocycles. The minimum absolute atomic E-state index is 0.254. The second-order valence-corrected chi connectivity index (χ2v) is 3.13. The van der Waals surface area contributed by atoms with Gasteiger partial charge in [0.05, 0.1) is 0 Å². The van der Waals surface area contributed by atoms with Crippen LogP contribution in [0.5, 0.6) is 0 Å². The largest absolute Gasteiger partial charge is 0.475 e. The summed E-state index contributed by atoms with van der Waals surface area (Å²) in [5.41, 5.74) is 0. The normalized spacial score (nSPS) is 10.4. The molecule has 0 aliphatic rings. The Morgan fingerprint density at radius 3 is 2.79 bits per heavy atom. The van der Waals surface area contributed by atoms with Gasteiger partial charge in [0, 0.05) is 6.42 Å². The maximum absolute atomic E-state index is 10.4. The van der Waals surface area contributed by atoms with Crippen LogP contribution in [0.2, 0.25) is 0 Å². The summed E-state index contributed by atoms with van der Waals surface area (Å²) in [4.78, 5) is 14.1.